The quantitative estimate of drug-likeness (QED) is 0.649. The lowest BCUT2D eigenvalue weighted by Gasteiger charge is -2.30. The molecule has 0 aromatic rings. The number of ether oxygens (including phenoxy) is 2. The lowest BCUT2D eigenvalue weighted by molar-refractivity contribution is -0.176. The lowest BCUT2D eigenvalue weighted by atomic mass is 9.94. The Morgan fingerprint density at radius 3 is 1.62 bits per heavy atom. The monoisotopic (exact) mass is 229 g/mol. The highest BCUT2D eigenvalue weighted by atomic mass is 16.7. The van der Waals surface area contributed by atoms with E-state index in [1.807, 2.05) is 13.8 Å². The summed E-state index contributed by atoms with van der Waals surface area (Å²) in [5.74, 6) is -0.127. The SMILES string of the molecule is C#C.C1CCC2(CC1)OCCO2.CC.CN. The molecule has 0 aromatic heterocycles. The maximum Gasteiger partial charge on any atom is 0.168 e. The van der Waals surface area contributed by atoms with Crippen LogP contribution in [0.15, 0.2) is 0 Å². The highest BCUT2D eigenvalue weighted by Crippen LogP contribution is 2.35. The van der Waals surface area contributed by atoms with Crippen molar-refractivity contribution in [2.45, 2.75) is 51.7 Å². The minimum atomic E-state index is -0.127. The molecule has 1 aliphatic heterocycles. The number of nitrogens with two attached hydrogens (primary N) is 1. The van der Waals surface area contributed by atoms with Gasteiger partial charge in [0.25, 0.3) is 0 Å². The van der Waals surface area contributed by atoms with Crippen molar-refractivity contribution >= 4 is 0 Å². The summed E-state index contributed by atoms with van der Waals surface area (Å²) in [6.07, 6.45) is 14.1. The van der Waals surface area contributed by atoms with Crippen LogP contribution < -0.4 is 5.73 Å². The summed E-state index contributed by atoms with van der Waals surface area (Å²) in [6, 6.07) is 0. The van der Waals surface area contributed by atoms with Gasteiger partial charge in [0.1, 0.15) is 0 Å². The van der Waals surface area contributed by atoms with Gasteiger partial charge in [0.15, 0.2) is 5.79 Å². The van der Waals surface area contributed by atoms with Crippen molar-refractivity contribution in [1.82, 2.24) is 0 Å². The van der Waals surface area contributed by atoms with Gasteiger partial charge in [-0.1, -0.05) is 20.3 Å². The number of rotatable bonds is 0. The van der Waals surface area contributed by atoms with Crippen LogP contribution in [-0.2, 0) is 9.47 Å². The van der Waals surface area contributed by atoms with Crippen LogP contribution in [0.4, 0.5) is 0 Å². The molecule has 96 valence electrons. The zero-order valence-corrected chi connectivity index (χ0v) is 11.0. The Morgan fingerprint density at radius 2 is 1.25 bits per heavy atom. The fraction of sp³-hybridized carbons (Fsp3) is 0.846. The minimum Gasteiger partial charge on any atom is -0.348 e. The van der Waals surface area contributed by atoms with Crippen LogP contribution in [0.3, 0.4) is 0 Å². The third kappa shape index (κ3) is 6.12. The van der Waals surface area contributed by atoms with Crippen LogP contribution in [0.5, 0.6) is 0 Å². The van der Waals surface area contributed by atoms with Gasteiger partial charge >= 0.3 is 0 Å². The standard InChI is InChI=1S/C8H14O2.C2H6.C2H2.CH5N/c1-2-4-8(5-3-1)9-6-7-10-8;3*1-2/h1-7H2;1-2H3;1-2H;2H2,1H3. The van der Waals surface area contributed by atoms with Crippen LogP contribution in [0.25, 0.3) is 0 Å². The summed E-state index contributed by atoms with van der Waals surface area (Å²) in [7, 11) is 1.50. The first-order chi connectivity index (χ1) is 7.91. The van der Waals surface area contributed by atoms with Crippen molar-refractivity contribution in [1.29, 1.82) is 0 Å². The van der Waals surface area contributed by atoms with E-state index >= 15 is 0 Å². The van der Waals surface area contributed by atoms with Gasteiger partial charge in [-0.25, -0.2) is 0 Å². The van der Waals surface area contributed by atoms with Gasteiger partial charge in [-0.2, -0.15) is 0 Å². The Kier molecular flexibility index (Phi) is 13.9. The van der Waals surface area contributed by atoms with Gasteiger partial charge < -0.3 is 15.2 Å². The molecule has 0 unspecified atom stereocenters. The molecule has 0 bridgehead atoms. The molecule has 0 amide bonds. The number of terminal acetylenes is 1. The van der Waals surface area contributed by atoms with Crippen LogP contribution in [-0.4, -0.2) is 26.0 Å². The summed E-state index contributed by atoms with van der Waals surface area (Å²) in [5, 5.41) is 0. The van der Waals surface area contributed by atoms with Gasteiger partial charge in [-0.05, 0) is 19.9 Å². The molecule has 2 rings (SSSR count). The Hall–Kier alpha value is -0.560. The van der Waals surface area contributed by atoms with Crippen molar-refractivity contribution in [2.75, 3.05) is 20.3 Å². The second kappa shape index (κ2) is 12.5. The lowest BCUT2D eigenvalue weighted by Crippen LogP contribution is -2.32. The van der Waals surface area contributed by atoms with Gasteiger partial charge in [0, 0.05) is 12.8 Å². The van der Waals surface area contributed by atoms with Crippen molar-refractivity contribution in [3.05, 3.63) is 0 Å². The van der Waals surface area contributed by atoms with Crippen molar-refractivity contribution in [2.24, 2.45) is 5.73 Å². The van der Waals surface area contributed by atoms with E-state index in [1.165, 1.54) is 26.3 Å². The van der Waals surface area contributed by atoms with E-state index in [1.54, 1.807) is 0 Å². The van der Waals surface area contributed by atoms with E-state index < -0.39 is 0 Å². The smallest absolute Gasteiger partial charge is 0.168 e. The van der Waals surface area contributed by atoms with Crippen LogP contribution in [0.1, 0.15) is 46.0 Å². The Morgan fingerprint density at radius 1 is 0.875 bits per heavy atom. The molecule has 2 aliphatic rings. The molecule has 3 heteroatoms. The molecule has 0 aromatic carbocycles. The minimum absolute atomic E-state index is 0.127. The first kappa shape index (κ1) is 17.8. The fourth-order valence-electron chi connectivity index (χ4n) is 1.88. The Bertz CT molecular complexity index is 143. The van der Waals surface area contributed by atoms with Crippen LogP contribution in [0.2, 0.25) is 0 Å². The molecular formula is C13H27NO2. The normalized spacial score (nSPS) is 20.4. The van der Waals surface area contributed by atoms with Gasteiger partial charge in [0.05, 0.1) is 13.2 Å². The van der Waals surface area contributed by atoms with E-state index in [0.29, 0.717) is 0 Å². The molecule has 2 N–H and O–H groups in total. The highest BCUT2D eigenvalue weighted by molar-refractivity contribution is 4.77. The van der Waals surface area contributed by atoms with E-state index in [9.17, 15) is 0 Å². The van der Waals surface area contributed by atoms with E-state index in [2.05, 4.69) is 18.6 Å². The van der Waals surface area contributed by atoms with E-state index in [4.69, 9.17) is 9.47 Å². The molecule has 1 saturated heterocycles. The molecule has 1 spiro atoms. The van der Waals surface area contributed by atoms with Gasteiger partial charge in [0.2, 0.25) is 0 Å². The first-order valence-corrected chi connectivity index (χ1v) is 6.10. The first-order valence-electron chi connectivity index (χ1n) is 6.10. The fourth-order valence-corrected chi connectivity index (χ4v) is 1.88. The molecule has 16 heavy (non-hydrogen) atoms. The molecule has 3 nitrogen and oxygen atoms in total. The average Bonchev–Trinajstić information content (AvgIpc) is 2.86. The Balaban J connectivity index is 0. The molecule has 1 aliphatic carbocycles. The van der Waals surface area contributed by atoms with Gasteiger partial charge in [-0.3, -0.25) is 0 Å². The second-order valence-corrected chi connectivity index (χ2v) is 3.17. The summed E-state index contributed by atoms with van der Waals surface area (Å²) < 4.78 is 11.1. The van der Waals surface area contributed by atoms with Crippen LogP contribution >= 0.6 is 0 Å². The van der Waals surface area contributed by atoms with Crippen molar-refractivity contribution in [3.63, 3.8) is 0 Å². The topological polar surface area (TPSA) is 44.5 Å². The molecular weight excluding hydrogens is 202 g/mol. The van der Waals surface area contributed by atoms with Crippen molar-refractivity contribution in [3.8, 4) is 12.8 Å². The zero-order valence-electron chi connectivity index (χ0n) is 11.0. The summed E-state index contributed by atoms with van der Waals surface area (Å²) in [5.41, 5.74) is 4.50. The third-order valence-corrected chi connectivity index (χ3v) is 2.43. The zero-order chi connectivity index (χ0) is 12.9. The van der Waals surface area contributed by atoms with Crippen LogP contribution in [0, 0.1) is 12.8 Å². The van der Waals surface area contributed by atoms with Crippen molar-refractivity contribution < 1.29 is 9.47 Å². The molecule has 1 heterocycles. The summed E-state index contributed by atoms with van der Waals surface area (Å²) in [4.78, 5) is 0. The molecule has 1 saturated carbocycles. The van der Waals surface area contributed by atoms with E-state index in [0.717, 1.165) is 26.1 Å². The largest absolute Gasteiger partial charge is 0.348 e. The number of hydrogen-bond acceptors (Lipinski definition) is 3. The Labute approximate surface area is 101 Å². The third-order valence-electron chi connectivity index (χ3n) is 2.43. The maximum absolute atomic E-state index is 5.56. The second-order valence-electron chi connectivity index (χ2n) is 3.17. The maximum atomic E-state index is 5.56. The summed E-state index contributed by atoms with van der Waals surface area (Å²) in [6.45, 7) is 5.61. The predicted molar refractivity (Wildman–Crippen MR) is 69.1 cm³/mol. The molecule has 2 fully saturated rings. The number of hydrogen-bond donors (Lipinski definition) is 1. The highest BCUT2D eigenvalue weighted by Gasteiger charge is 2.37. The predicted octanol–water partition coefficient (Wildman–Crippen LogP) is 2.54. The molecule has 0 radical (unpaired) electrons. The summed E-state index contributed by atoms with van der Waals surface area (Å²) >= 11 is 0. The molecule has 0 atom stereocenters. The van der Waals surface area contributed by atoms with E-state index in [-0.39, 0.29) is 5.79 Å². The van der Waals surface area contributed by atoms with Gasteiger partial charge in [-0.15, -0.1) is 12.8 Å². The average molecular weight is 229 g/mol.